The highest BCUT2D eigenvalue weighted by Gasteiger charge is 2.06. The lowest BCUT2D eigenvalue weighted by Crippen LogP contribution is -2.31. The number of amides is 1. The second kappa shape index (κ2) is 5.01. The summed E-state index contributed by atoms with van der Waals surface area (Å²) in [6.45, 7) is 2.43. The molecule has 1 aromatic heterocycles. The van der Waals surface area contributed by atoms with Crippen LogP contribution < -0.4 is 5.32 Å². The quantitative estimate of drug-likeness (QED) is 0.774. The number of rotatable bonds is 4. The lowest BCUT2D eigenvalue weighted by atomic mass is 10.3. The fourth-order valence-corrected chi connectivity index (χ4v) is 1.04. The van der Waals surface area contributed by atoms with Crippen LogP contribution in [0.2, 0.25) is 0 Å². The van der Waals surface area contributed by atoms with Gasteiger partial charge < -0.3 is 10.3 Å². The molecule has 4 nitrogen and oxygen atoms in total. The minimum absolute atomic E-state index is 0.0134. The topological polar surface area (TPSA) is 57.8 Å². The van der Waals surface area contributed by atoms with Gasteiger partial charge in [-0.2, -0.15) is 0 Å². The Labute approximate surface area is 85.3 Å². The fraction of sp³-hybridized carbons (Fsp3) is 0.500. The smallest absolute Gasteiger partial charge is 0.233 e. The van der Waals surface area contributed by atoms with E-state index in [1.807, 2.05) is 0 Å². The Morgan fingerprint density at radius 1 is 1.85 bits per heavy atom. The van der Waals surface area contributed by atoms with E-state index < -0.39 is 0 Å². The Morgan fingerprint density at radius 2 is 2.62 bits per heavy atom. The first kappa shape index (κ1) is 10.2. The predicted molar refractivity (Wildman–Crippen MR) is 53.7 cm³/mol. The fourth-order valence-electron chi connectivity index (χ4n) is 0.882. The van der Waals surface area contributed by atoms with Crippen molar-refractivity contribution in [2.24, 2.45) is 0 Å². The molecule has 72 valence electrons. The Balaban J connectivity index is 2.18. The molecule has 0 saturated carbocycles. The molecule has 13 heavy (non-hydrogen) atoms. The summed E-state index contributed by atoms with van der Waals surface area (Å²) in [6, 6.07) is 0. The van der Waals surface area contributed by atoms with E-state index in [0.29, 0.717) is 6.54 Å². The van der Waals surface area contributed by atoms with Gasteiger partial charge in [0.25, 0.3) is 0 Å². The summed E-state index contributed by atoms with van der Waals surface area (Å²) < 4.78 is 0. The van der Waals surface area contributed by atoms with Gasteiger partial charge in [0, 0.05) is 24.9 Å². The zero-order valence-corrected chi connectivity index (χ0v) is 8.97. The summed E-state index contributed by atoms with van der Waals surface area (Å²) in [4.78, 5) is 17.8. The summed E-state index contributed by atoms with van der Waals surface area (Å²) in [5.74, 6) is 0.0134. The number of carbonyl (C=O) groups excluding carboxylic acids is 1. The van der Waals surface area contributed by atoms with Crippen LogP contribution >= 0.6 is 15.9 Å². The summed E-state index contributed by atoms with van der Waals surface area (Å²) >= 11 is 3.19. The third-order valence-corrected chi connectivity index (χ3v) is 2.03. The summed E-state index contributed by atoms with van der Waals surface area (Å²) in [5, 5.41) is 2.79. The van der Waals surface area contributed by atoms with Crippen LogP contribution in [0.5, 0.6) is 0 Å². The predicted octanol–water partition coefficient (Wildman–Crippen LogP) is 0.852. The highest BCUT2D eigenvalue weighted by molar-refractivity contribution is 9.10. The second-order valence-corrected chi connectivity index (χ2v) is 4.11. The van der Waals surface area contributed by atoms with Crippen molar-refractivity contribution in [3.05, 3.63) is 18.2 Å². The third-order valence-electron chi connectivity index (χ3n) is 1.61. The van der Waals surface area contributed by atoms with E-state index in [9.17, 15) is 4.79 Å². The third kappa shape index (κ3) is 3.59. The van der Waals surface area contributed by atoms with Crippen LogP contribution in [-0.4, -0.2) is 27.2 Å². The molecule has 1 aromatic rings. The molecule has 0 aliphatic heterocycles. The molecule has 1 rings (SSSR count). The van der Waals surface area contributed by atoms with Gasteiger partial charge in [0.05, 0.1) is 11.2 Å². The zero-order chi connectivity index (χ0) is 9.68. The van der Waals surface area contributed by atoms with Gasteiger partial charge in [-0.15, -0.1) is 0 Å². The standard InChI is InChI=1S/C8H12BrN3O/c1-6(9)8(13)11-3-2-7-4-10-5-12-7/h4-6H,2-3H2,1H3,(H,10,12)(H,11,13). The van der Waals surface area contributed by atoms with Gasteiger partial charge in [0.2, 0.25) is 5.91 Å². The van der Waals surface area contributed by atoms with Gasteiger partial charge in [-0.05, 0) is 6.92 Å². The molecule has 1 heterocycles. The second-order valence-electron chi connectivity index (χ2n) is 2.73. The number of halogens is 1. The van der Waals surface area contributed by atoms with Crippen molar-refractivity contribution in [2.75, 3.05) is 6.54 Å². The number of alkyl halides is 1. The molecule has 0 spiro atoms. The maximum Gasteiger partial charge on any atom is 0.233 e. The maximum absolute atomic E-state index is 11.1. The van der Waals surface area contributed by atoms with Crippen LogP contribution in [0.4, 0.5) is 0 Å². The Bertz CT molecular complexity index is 258. The first-order valence-corrected chi connectivity index (χ1v) is 5.00. The summed E-state index contributed by atoms with van der Waals surface area (Å²) in [6.07, 6.45) is 4.17. The molecule has 1 atom stereocenters. The van der Waals surface area contributed by atoms with Crippen LogP contribution in [0.3, 0.4) is 0 Å². The molecule has 2 N–H and O–H groups in total. The Morgan fingerprint density at radius 3 is 3.15 bits per heavy atom. The molecule has 5 heteroatoms. The molecule has 1 amide bonds. The van der Waals surface area contributed by atoms with Crippen molar-refractivity contribution in [1.29, 1.82) is 0 Å². The molecule has 0 aromatic carbocycles. The van der Waals surface area contributed by atoms with Gasteiger partial charge in [-0.1, -0.05) is 15.9 Å². The maximum atomic E-state index is 11.1. The Hall–Kier alpha value is -0.840. The van der Waals surface area contributed by atoms with Crippen LogP contribution in [0, 0.1) is 0 Å². The van der Waals surface area contributed by atoms with Crippen molar-refractivity contribution in [1.82, 2.24) is 15.3 Å². The average Bonchev–Trinajstić information content (AvgIpc) is 2.56. The number of nitrogens with one attached hydrogen (secondary N) is 2. The molecule has 0 saturated heterocycles. The van der Waals surface area contributed by atoms with Crippen molar-refractivity contribution in [3.63, 3.8) is 0 Å². The molecule has 0 fully saturated rings. The SMILES string of the molecule is CC(Br)C(=O)NCCc1cnc[nH]1. The molecule has 1 unspecified atom stereocenters. The molecule has 0 bridgehead atoms. The van der Waals surface area contributed by atoms with Gasteiger partial charge >= 0.3 is 0 Å². The highest BCUT2D eigenvalue weighted by Crippen LogP contribution is 1.96. The van der Waals surface area contributed by atoms with Crippen molar-refractivity contribution >= 4 is 21.8 Å². The van der Waals surface area contributed by atoms with Gasteiger partial charge in [-0.25, -0.2) is 4.98 Å². The monoisotopic (exact) mass is 245 g/mol. The van der Waals surface area contributed by atoms with E-state index in [0.717, 1.165) is 12.1 Å². The lowest BCUT2D eigenvalue weighted by Gasteiger charge is -2.04. The van der Waals surface area contributed by atoms with Crippen LogP contribution in [0.15, 0.2) is 12.5 Å². The van der Waals surface area contributed by atoms with E-state index in [-0.39, 0.29) is 10.7 Å². The number of hydrogen-bond acceptors (Lipinski definition) is 2. The number of carbonyl (C=O) groups is 1. The van der Waals surface area contributed by atoms with E-state index in [1.165, 1.54) is 0 Å². The van der Waals surface area contributed by atoms with Crippen molar-refractivity contribution in [2.45, 2.75) is 18.2 Å². The van der Waals surface area contributed by atoms with Crippen molar-refractivity contribution < 1.29 is 4.79 Å². The first-order valence-electron chi connectivity index (χ1n) is 4.09. The number of imidazole rings is 1. The van der Waals surface area contributed by atoms with Gasteiger partial charge in [0.15, 0.2) is 0 Å². The van der Waals surface area contributed by atoms with Crippen LogP contribution in [0.1, 0.15) is 12.6 Å². The molecular weight excluding hydrogens is 234 g/mol. The normalized spacial score (nSPS) is 12.5. The average molecular weight is 246 g/mol. The summed E-state index contributed by atoms with van der Waals surface area (Å²) in [5.41, 5.74) is 1.03. The van der Waals surface area contributed by atoms with E-state index in [4.69, 9.17) is 0 Å². The molecule has 0 radical (unpaired) electrons. The van der Waals surface area contributed by atoms with Gasteiger partial charge in [0.1, 0.15) is 0 Å². The number of aromatic nitrogens is 2. The first-order chi connectivity index (χ1) is 6.20. The van der Waals surface area contributed by atoms with Crippen molar-refractivity contribution in [3.8, 4) is 0 Å². The van der Waals surface area contributed by atoms with E-state index in [1.54, 1.807) is 19.4 Å². The van der Waals surface area contributed by atoms with Gasteiger partial charge in [-0.3, -0.25) is 4.79 Å². The number of nitrogens with zero attached hydrogens (tertiary/aromatic N) is 1. The zero-order valence-electron chi connectivity index (χ0n) is 7.38. The largest absolute Gasteiger partial charge is 0.355 e. The number of H-pyrrole nitrogens is 1. The van der Waals surface area contributed by atoms with Crippen LogP contribution in [-0.2, 0) is 11.2 Å². The van der Waals surface area contributed by atoms with Crippen LogP contribution in [0.25, 0.3) is 0 Å². The Kier molecular flexibility index (Phi) is 3.95. The molecule has 0 aliphatic carbocycles. The lowest BCUT2D eigenvalue weighted by molar-refractivity contribution is -0.120. The van der Waals surface area contributed by atoms with E-state index in [2.05, 4.69) is 31.2 Å². The minimum atomic E-state index is -0.130. The number of hydrogen-bond donors (Lipinski definition) is 2. The molecule has 0 aliphatic rings. The summed E-state index contributed by atoms with van der Waals surface area (Å²) in [7, 11) is 0. The van der Waals surface area contributed by atoms with E-state index >= 15 is 0 Å². The number of aromatic amines is 1. The minimum Gasteiger partial charge on any atom is -0.355 e. The molecular formula is C8H12BrN3O. The highest BCUT2D eigenvalue weighted by atomic mass is 79.9.